The van der Waals surface area contributed by atoms with Crippen LogP contribution in [0.2, 0.25) is 0 Å². The van der Waals surface area contributed by atoms with E-state index in [1.54, 1.807) is 41.3 Å². The maximum absolute atomic E-state index is 12.1. The molecule has 0 saturated heterocycles. The van der Waals surface area contributed by atoms with E-state index in [4.69, 9.17) is 0 Å². The molecule has 0 aromatic heterocycles. The zero-order chi connectivity index (χ0) is 15.4. The molecule has 2 rings (SSSR count). The number of rotatable bonds is 5. The third kappa shape index (κ3) is 3.94. The summed E-state index contributed by atoms with van der Waals surface area (Å²) >= 11 is 0. The fourth-order valence-electron chi connectivity index (χ4n) is 2.23. The molecule has 0 aliphatic heterocycles. The fraction of sp³-hybridized carbons (Fsp3) is 0.412. The second-order valence-electron chi connectivity index (χ2n) is 5.47. The third-order valence-corrected chi connectivity index (χ3v) is 4.01. The first-order valence-corrected chi connectivity index (χ1v) is 7.16. The van der Waals surface area contributed by atoms with E-state index in [2.05, 4.69) is 11.7 Å². The Labute approximate surface area is 125 Å². The smallest absolute Gasteiger partial charge is 0.337 e. The second-order valence-corrected chi connectivity index (χ2v) is 5.47. The number of benzene rings is 1. The van der Waals surface area contributed by atoms with Crippen LogP contribution in [0.1, 0.15) is 35.7 Å². The Morgan fingerprint density at radius 3 is 2.43 bits per heavy atom. The highest BCUT2D eigenvalue weighted by atomic mass is 16.5. The quantitative estimate of drug-likeness (QED) is 0.618. The number of likely N-dealkylation sites (N-methyl/N-ethyl adjacent to an activating group) is 1. The predicted molar refractivity (Wildman–Crippen MR) is 81.8 cm³/mol. The van der Waals surface area contributed by atoms with Crippen molar-refractivity contribution in [1.82, 2.24) is 4.90 Å². The van der Waals surface area contributed by atoms with Crippen LogP contribution in [0.3, 0.4) is 0 Å². The summed E-state index contributed by atoms with van der Waals surface area (Å²) in [5.41, 5.74) is 1.38. The summed E-state index contributed by atoms with van der Waals surface area (Å²) in [5.74, 6) is 0.303. The van der Waals surface area contributed by atoms with Gasteiger partial charge in [-0.2, -0.15) is 0 Å². The Bertz CT molecular complexity index is 544. The summed E-state index contributed by atoms with van der Waals surface area (Å²) in [6.45, 7) is 2.09. The number of ether oxygens (including phenoxy) is 1. The minimum atomic E-state index is -0.361. The zero-order valence-electron chi connectivity index (χ0n) is 12.7. The predicted octanol–water partition coefficient (Wildman–Crippen LogP) is 2.74. The molecule has 1 atom stereocenters. The Hall–Kier alpha value is -2.10. The summed E-state index contributed by atoms with van der Waals surface area (Å²) < 4.78 is 4.64. The van der Waals surface area contributed by atoms with E-state index >= 15 is 0 Å². The van der Waals surface area contributed by atoms with E-state index in [-0.39, 0.29) is 11.9 Å². The van der Waals surface area contributed by atoms with Crippen LogP contribution in [0.25, 0.3) is 6.08 Å². The van der Waals surface area contributed by atoms with Crippen molar-refractivity contribution >= 4 is 18.0 Å². The van der Waals surface area contributed by atoms with Crippen molar-refractivity contribution in [2.75, 3.05) is 14.2 Å². The number of nitrogens with zero attached hydrogens (tertiary/aromatic N) is 1. The Kier molecular flexibility index (Phi) is 4.78. The number of methoxy groups -OCH3 is 1. The maximum Gasteiger partial charge on any atom is 0.337 e. The number of amides is 1. The lowest BCUT2D eigenvalue weighted by Gasteiger charge is -2.23. The first kappa shape index (κ1) is 15.3. The van der Waals surface area contributed by atoms with Gasteiger partial charge in [0.2, 0.25) is 5.91 Å². The van der Waals surface area contributed by atoms with E-state index in [0.717, 1.165) is 5.56 Å². The van der Waals surface area contributed by atoms with Crippen molar-refractivity contribution in [2.45, 2.75) is 25.8 Å². The summed E-state index contributed by atoms with van der Waals surface area (Å²) in [6, 6.07) is 7.25. The van der Waals surface area contributed by atoms with E-state index < -0.39 is 0 Å². The SMILES string of the molecule is COC(=O)c1ccc(/C=C/C(=O)N(C)C(C)C2CC2)cc1. The largest absolute Gasteiger partial charge is 0.465 e. The van der Waals surface area contributed by atoms with E-state index in [1.165, 1.54) is 20.0 Å². The van der Waals surface area contributed by atoms with Crippen LogP contribution in [0.15, 0.2) is 30.3 Å². The molecule has 0 heterocycles. The molecule has 1 aromatic rings. The highest BCUT2D eigenvalue weighted by Gasteiger charge is 2.31. The van der Waals surface area contributed by atoms with Crippen LogP contribution in [-0.2, 0) is 9.53 Å². The molecule has 1 saturated carbocycles. The lowest BCUT2D eigenvalue weighted by molar-refractivity contribution is -0.126. The molecule has 4 nitrogen and oxygen atoms in total. The van der Waals surface area contributed by atoms with Gasteiger partial charge in [0, 0.05) is 19.2 Å². The van der Waals surface area contributed by atoms with Gasteiger partial charge in [-0.05, 0) is 49.5 Å². The summed E-state index contributed by atoms with van der Waals surface area (Å²) in [4.78, 5) is 25.2. The number of carbonyl (C=O) groups is 2. The van der Waals surface area contributed by atoms with Crippen molar-refractivity contribution in [1.29, 1.82) is 0 Å². The molecule has 0 N–H and O–H groups in total. The Morgan fingerprint density at radius 1 is 1.29 bits per heavy atom. The molecule has 0 bridgehead atoms. The van der Waals surface area contributed by atoms with Crippen molar-refractivity contribution < 1.29 is 14.3 Å². The lowest BCUT2D eigenvalue weighted by Crippen LogP contribution is -2.35. The third-order valence-electron chi connectivity index (χ3n) is 4.01. The Balaban J connectivity index is 1.96. The highest BCUT2D eigenvalue weighted by molar-refractivity contribution is 5.92. The highest BCUT2D eigenvalue weighted by Crippen LogP contribution is 2.34. The van der Waals surface area contributed by atoms with Gasteiger partial charge in [-0.1, -0.05) is 12.1 Å². The van der Waals surface area contributed by atoms with Gasteiger partial charge in [0.1, 0.15) is 0 Å². The van der Waals surface area contributed by atoms with Crippen molar-refractivity contribution in [3.63, 3.8) is 0 Å². The van der Waals surface area contributed by atoms with Gasteiger partial charge in [-0.25, -0.2) is 4.79 Å². The van der Waals surface area contributed by atoms with Crippen LogP contribution in [-0.4, -0.2) is 37.0 Å². The molecule has 1 unspecified atom stereocenters. The first-order valence-electron chi connectivity index (χ1n) is 7.16. The Morgan fingerprint density at radius 2 is 1.90 bits per heavy atom. The molecule has 1 amide bonds. The van der Waals surface area contributed by atoms with Gasteiger partial charge < -0.3 is 9.64 Å². The molecular weight excluding hydrogens is 266 g/mol. The van der Waals surface area contributed by atoms with Gasteiger partial charge in [0.25, 0.3) is 0 Å². The fourth-order valence-corrected chi connectivity index (χ4v) is 2.23. The normalized spacial score (nSPS) is 15.8. The molecule has 1 aliphatic carbocycles. The van der Waals surface area contributed by atoms with E-state index in [1.807, 2.05) is 7.05 Å². The number of hydrogen-bond donors (Lipinski definition) is 0. The molecule has 1 fully saturated rings. The average Bonchev–Trinajstić information content (AvgIpc) is 3.35. The monoisotopic (exact) mass is 287 g/mol. The van der Waals surface area contributed by atoms with Crippen LogP contribution in [0.5, 0.6) is 0 Å². The molecule has 0 spiro atoms. The van der Waals surface area contributed by atoms with Crippen molar-refractivity contribution in [3.8, 4) is 0 Å². The van der Waals surface area contributed by atoms with Gasteiger partial charge in [0.05, 0.1) is 12.7 Å². The molecular formula is C17H21NO3. The van der Waals surface area contributed by atoms with Crippen LogP contribution in [0, 0.1) is 5.92 Å². The van der Waals surface area contributed by atoms with Gasteiger partial charge in [-0.3, -0.25) is 4.79 Å². The maximum atomic E-state index is 12.1. The van der Waals surface area contributed by atoms with Crippen molar-refractivity contribution in [3.05, 3.63) is 41.5 Å². The number of esters is 1. The van der Waals surface area contributed by atoms with Gasteiger partial charge in [-0.15, -0.1) is 0 Å². The van der Waals surface area contributed by atoms with Crippen molar-refractivity contribution in [2.24, 2.45) is 5.92 Å². The van der Waals surface area contributed by atoms with E-state index in [9.17, 15) is 9.59 Å². The summed E-state index contributed by atoms with van der Waals surface area (Å²) in [5, 5.41) is 0. The van der Waals surface area contributed by atoms with Gasteiger partial charge in [0.15, 0.2) is 0 Å². The average molecular weight is 287 g/mol. The first-order chi connectivity index (χ1) is 10.0. The number of hydrogen-bond acceptors (Lipinski definition) is 3. The van der Waals surface area contributed by atoms with E-state index in [0.29, 0.717) is 17.5 Å². The molecule has 4 heteroatoms. The molecule has 1 aromatic carbocycles. The minimum Gasteiger partial charge on any atom is -0.465 e. The van der Waals surface area contributed by atoms with Gasteiger partial charge >= 0.3 is 5.97 Å². The molecule has 112 valence electrons. The zero-order valence-corrected chi connectivity index (χ0v) is 12.7. The summed E-state index contributed by atoms with van der Waals surface area (Å²) in [7, 11) is 3.20. The molecule has 0 radical (unpaired) electrons. The topological polar surface area (TPSA) is 46.6 Å². The van der Waals surface area contributed by atoms with Crippen LogP contribution >= 0.6 is 0 Å². The molecule has 21 heavy (non-hydrogen) atoms. The lowest BCUT2D eigenvalue weighted by atomic mass is 10.1. The standard InChI is InChI=1S/C17H21NO3/c1-12(14-9-10-14)18(2)16(19)11-6-13-4-7-15(8-5-13)17(20)21-3/h4-8,11-12,14H,9-10H2,1-3H3/b11-6+. The second kappa shape index (κ2) is 6.57. The van der Waals surface area contributed by atoms with Crippen LogP contribution in [0.4, 0.5) is 0 Å². The molecule has 1 aliphatic rings. The number of carbonyl (C=O) groups excluding carboxylic acids is 2. The van der Waals surface area contributed by atoms with Crippen LogP contribution < -0.4 is 0 Å². The summed E-state index contributed by atoms with van der Waals surface area (Å²) in [6.07, 6.45) is 5.78. The minimum absolute atomic E-state index is 0.00597.